The Morgan fingerprint density at radius 3 is 2.97 bits per heavy atom. The number of halogens is 1. The Kier molecular flexibility index (Phi) is 5.16. The van der Waals surface area contributed by atoms with Gasteiger partial charge in [-0.15, -0.1) is 0 Å². The molecule has 1 N–H and O–H groups in total. The minimum Gasteiger partial charge on any atom is -0.465 e. The van der Waals surface area contributed by atoms with E-state index in [0.29, 0.717) is 49.7 Å². The topological polar surface area (TPSA) is 103 Å². The van der Waals surface area contributed by atoms with E-state index in [-0.39, 0.29) is 5.56 Å². The van der Waals surface area contributed by atoms with E-state index in [4.69, 9.17) is 20.8 Å². The summed E-state index contributed by atoms with van der Waals surface area (Å²) in [5.41, 5.74) is 1.20. The monoisotopic (exact) mass is 430 g/mol. The summed E-state index contributed by atoms with van der Waals surface area (Å²) >= 11 is 7.34. The fraction of sp³-hybridized carbons (Fsp3) is 0.158. The molecule has 1 aromatic carbocycles. The summed E-state index contributed by atoms with van der Waals surface area (Å²) in [5.74, 6) is 0.959. The number of fused-ring (bicyclic) bond motifs is 1. The minimum absolute atomic E-state index is 0.295. The Hall–Kier alpha value is -3.04. The predicted octanol–water partition coefficient (Wildman–Crippen LogP) is 3.74. The van der Waals surface area contributed by atoms with Gasteiger partial charge in [0.25, 0.3) is 5.56 Å². The molecule has 10 heteroatoms. The first-order valence-corrected chi connectivity index (χ1v) is 9.87. The SMILES string of the molecule is COC(=O)c1cc(CSc2nc3c(cnn3-c3cccc(Cl)c3)c(=O)[nH]2)oc1C. The minimum atomic E-state index is -0.458. The smallest absolute Gasteiger partial charge is 0.341 e. The highest BCUT2D eigenvalue weighted by Crippen LogP contribution is 2.25. The number of nitrogens with zero attached hydrogens (tertiary/aromatic N) is 3. The summed E-state index contributed by atoms with van der Waals surface area (Å²) in [5, 5.41) is 5.60. The molecule has 0 bridgehead atoms. The summed E-state index contributed by atoms with van der Waals surface area (Å²) in [6.07, 6.45) is 1.47. The number of carbonyl (C=O) groups is 1. The van der Waals surface area contributed by atoms with E-state index in [1.54, 1.807) is 35.9 Å². The maximum Gasteiger partial charge on any atom is 0.341 e. The van der Waals surface area contributed by atoms with Crippen LogP contribution >= 0.6 is 23.4 Å². The van der Waals surface area contributed by atoms with Gasteiger partial charge in [-0.05, 0) is 31.2 Å². The van der Waals surface area contributed by atoms with E-state index >= 15 is 0 Å². The van der Waals surface area contributed by atoms with Crippen LogP contribution in [0.3, 0.4) is 0 Å². The molecule has 0 aliphatic heterocycles. The van der Waals surface area contributed by atoms with Crippen LogP contribution in [0.2, 0.25) is 5.02 Å². The molecule has 8 nitrogen and oxygen atoms in total. The van der Waals surface area contributed by atoms with Crippen LogP contribution < -0.4 is 5.56 Å². The van der Waals surface area contributed by atoms with Crippen LogP contribution in [0.25, 0.3) is 16.7 Å². The zero-order valence-corrected chi connectivity index (χ0v) is 17.0. The van der Waals surface area contributed by atoms with Crippen molar-refractivity contribution in [3.05, 3.63) is 69.0 Å². The van der Waals surface area contributed by atoms with Crippen molar-refractivity contribution in [2.24, 2.45) is 0 Å². The van der Waals surface area contributed by atoms with Crippen LogP contribution in [0, 0.1) is 6.92 Å². The second kappa shape index (κ2) is 7.76. The second-order valence-electron chi connectivity index (χ2n) is 6.11. The zero-order chi connectivity index (χ0) is 20.5. The summed E-state index contributed by atoms with van der Waals surface area (Å²) in [7, 11) is 1.32. The number of aromatic nitrogens is 4. The maximum atomic E-state index is 12.4. The van der Waals surface area contributed by atoms with Crippen LogP contribution in [0.4, 0.5) is 0 Å². The first-order valence-electron chi connectivity index (χ1n) is 8.50. The number of nitrogens with one attached hydrogen (secondary N) is 1. The van der Waals surface area contributed by atoms with Gasteiger partial charge in [0.05, 0.1) is 24.7 Å². The van der Waals surface area contributed by atoms with Crippen LogP contribution in [-0.2, 0) is 10.5 Å². The standard InChI is InChI=1S/C19H15ClN4O4S/c1-10-14(18(26)27-2)7-13(28-10)9-29-19-22-16-15(17(25)23-19)8-21-24(16)12-5-3-4-11(20)6-12/h3-8H,9H2,1-2H3,(H,22,23,25). The predicted molar refractivity (Wildman–Crippen MR) is 109 cm³/mol. The highest BCUT2D eigenvalue weighted by atomic mass is 35.5. The van der Waals surface area contributed by atoms with Crippen molar-refractivity contribution in [3.63, 3.8) is 0 Å². The average Bonchev–Trinajstić information content (AvgIpc) is 3.29. The lowest BCUT2D eigenvalue weighted by Gasteiger charge is -2.04. The lowest BCUT2D eigenvalue weighted by molar-refractivity contribution is 0.0599. The number of aryl methyl sites for hydroxylation is 1. The Balaban J connectivity index is 1.64. The van der Waals surface area contributed by atoms with Gasteiger partial charge in [0.15, 0.2) is 10.8 Å². The number of aromatic amines is 1. The van der Waals surface area contributed by atoms with Gasteiger partial charge < -0.3 is 14.1 Å². The number of furan rings is 1. The molecule has 29 heavy (non-hydrogen) atoms. The number of benzene rings is 1. The number of rotatable bonds is 5. The highest BCUT2D eigenvalue weighted by molar-refractivity contribution is 7.98. The molecule has 0 aliphatic carbocycles. The Morgan fingerprint density at radius 2 is 2.21 bits per heavy atom. The lowest BCUT2D eigenvalue weighted by Crippen LogP contribution is -2.09. The Morgan fingerprint density at radius 1 is 1.38 bits per heavy atom. The number of H-pyrrole nitrogens is 1. The van der Waals surface area contributed by atoms with E-state index in [1.165, 1.54) is 25.1 Å². The molecule has 3 heterocycles. The van der Waals surface area contributed by atoms with Gasteiger partial charge >= 0.3 is 5.97 Å². The third-order valence-corrected chi connectivity index (χ3v) is 5.33. The summed E-state index contributed by atoms with van der Waals surface area (Å²) in [6, 6.07) is 8.75. The van der Waals surface area contributed by atoms with Crippen molar-refractivity contribution >= 4 is 40.4 Å². The van der Waals surface area contributed by atoms with Crippen LogP contribution in [0.1, 0.15) is 21.9 Å². The Bertz CT molecular complexity index is 1280. The molecule has 0 unspecified atom stereocenters. The summed E-state index contributed by atoms with van der Waals surface area (Å²) < 4.78 is 11.9. The molecule has 4 rings (SSSR count). The Labute approximate surface area is 173 Å². The van der Waals surface area contributed by atoms with E-state index in [2.05, 4.69) is 15.1 Å². The molecule has 0 atom stereocenters. The van der Waals surface area contributed by atoms with Gasteiger partial charge in [-0.2, -0.15) is 5.10 Å². The molecule has 0 fully saturated rings. The average molecular weight is 431 g/mol. The quantitative estimate of drug-likeness (QED) is 0.292. The number of esters is 1. The van der Waals surface area contributed by atoms with E-state index in [1.807, 2.05) is 6.07 Å². The number of methoxy groups -OCH3 is 1. The van der Waals surface area contributed by atoms with Gasteiger partial charge in [0, 0.05) is 5.02 Å². The number of hydrogen-bond acceptors (Lipinski definition) is 7. The fourth-order valence-corrected chi connectivity index (χ4v) is 3.75. The van der Waals surface area contributed by atoms with Crippen molar-refractivity contribution in [3.8, 4) is 5.69 Å². The van der Waals surface area contributed by atoms with Crippen LogP contribution in [0.15, 0.2) is 50.9 Å². The second-order valence-corrected chi connectivity index (χ2v) is 7.51. The molecule has 0 saturated heterocycles. The van der Waals surface area contributed by atoms with Crippen molar-refractivity contribution in [1.29, 1.82) is 0 Å². The van der Waals surface area contributed by atoms with Gasteiger partial charge in [0.1, 0.15) is 22.5 Å². The molecule has 3 aromatic heterocycles. The molecule has 0 amide bonds. The zero-order valence-electron chi connectivity index (χ0n) is 15.4. The van der Waals surface area contributed by atoms with Crippen molar-refractivity contribution < 1.29 is 13.9 Å². The number of thioether (sulfide) groups is 1. The molecule has 0 radical (unpaired) electrons. The van der Waals surface area contributed by atoms with E-state index in [9.17, 15) is 9.59 Å². The molecule has 0 aliphatic rings. The first kappa shape index (κ1) is 19.3. The van der Waals surface area contributed by atoms with Crippen LogP contribution in [-0.4, -0.2) is 32.8 Å². The third kappa shape index (κ3) is 3.79. The summed E-state index contributed by atoms with van der Waals surface area (Å²) in [4.78, 5) is 31.4. The van der Waals surface area contributed by atoms with Gasteiger partial charge in [-0.25, -0.2) is 14.5 Å². The number of hydrogen-bond donors (Lipinski definition) is 1. The first-order chi connectivity index (χ1) is 14.0. The maximum absolute atomic E-state index is 12.4. The molecule has 148 valence electrons. The van der Waals surface area contributed by atoms with Crippen molar-refractivity contribution in [2.75, 3.05) is 7.11 Å². The normalized spacial score (nSPS) is 11.1. The summed E-state index contributed by atoms with van der Waals surface area (Å²) in [6.45, 7) is 1.69. The van der Waals surface area contributed by atoms with Gasteiger partial charge in [0.2, 0.25) is 0 Å². The largest absolute Gasteiger partial charge is 0.465 e. The molecule has 0 spiro atoms. The van der Waals surface area contributed by atoms with E-state index < -0.39 is 5.97 Å². The third-order valence-electron chi connectivity index (χ3n) is 4.19. The van der Waals surface area contributed by atoms with Gasteiger partial charge in [-0.3, -0.25) is 4.79 Å². The van der Waals surface area contributed by atoms with Crippen molar-refractivity contribution in [1.82, 2.24) is 19.7 Å². The number of carbonyl (C=O) groups excluding carboxylic acids is 1. The molecular weight excluding hydrogens is 416 g/mol. The van der Waals surface area contributed by atoms with E-state index in [0.717, 1.165) is 0 Å². The lowest BCUT2D eigenvalue weighted by atomic mass is 10.2. The van der Waals surface area contributed by atoms with Crippen LogP contribution in [0.5, 0.6) is 0 Å². The fourth-order valence-electron chi connectivity index (χ4n) is 2.83. The molecular formula is C19H15ClN4O4S. The van der Waals surface area contributed by atoms with Crippen molar-refractivity contribution in [2.45, 2.75) is 17.8 Å². The molecule has 0 saturated carbocycles. The number of ether oxygens (including phenoxy) is 1. The molecule has 4 aromatic rings. The highest BCUT2D eigenvalue weighted by Gasteiger charge is 2.17. The van der Waals surface area contributed by atoms with Gasteiger partial charge in [-0.1, -0.05) is 29.4 Å².